The first-order valence-corrected chi connectivity index (χ1v) is 6.84. The highest BCUT2D eigenvalue weighted by molar-refractivity contribution is 6.33. The van der Waals surface area contributed by atoms with Crippen LogP contribution < -0.4 is 10.6 Å². The Labute approximate surface area is 131 Å². The van der Waals surface area contributed by atoms with E-state index in [0.717, 1.165) is 4.80 Å². The van der Waals surface area contributed by atoms with Crippen molar-refractivity contribution in [1.82, 2.24) is 15.0 Å². The van der Waals surface area contributed by atoms with Crippen LogP contribution in [0.4, 0.5) is 16.3 Å². The number of benzene rings is 1. The molecule has 116 valence electrons. The Balaban J connectivity index is 1.91. The van der Waals surface area contributed by atoms with E-state index in [1.165, 1.54) is 6.20 Å². The summed E-state index contributed by atoms with van der Waals surface area (Å²) in [5, 5.41) is 13.3. The number of hydrogen-bond donors (Lipinski definition) is 2. The van der Waals surface area contributed by atoms with Crippen LogP contribution in [0.15, 0.2) is 30.5 Å². The summed E-state index contributed by atoms with van der Waals surface area (Å²) in [6.45, 7) is 1.82. The van der Waals surface area contributed by atoms with Gasteiger partial charge in [0.05, 0.1) is 23.5 Å². The molecular formula is C13H14ClN5O3. The highest BCUT2D eigenvalue weighted by Crippen LogP contribution is 2.20. The molecule has 0 aliphatic rings. The summed E-state index contributed by atoms with van der Waals surface area (Å²) < 4.78 is 4.71. The van der Waals surface area contributed by atoms with Gasteiger partial charge in [0.15, 0.2) is 5.82 Å². The number of nitrogens with one attached hydrogen (secondary N) is 2. The highest BCUT2D eigenvalue weighted by Gasteiger charge is 2.10. The lowest BCUT2D eigenvalue weighted by molar-refractivity contribution is -0.117. The number of aromatic nitrogens is 3. The second-order valence-corrected chi connectivity index (χ2v) is 4.54. The van der Waals surface area contributed by atoms with Gasteiger partial charge in [-0.25, -0.2) is 4.79 Å². The third-order valence-corrected chi connectivity index (χ3v) is 2.80. The monoisotopic (exact) mass is 323 g/mol. The van der Waals surface area contributed by atoms with Gasteiger partial charge in [-0.3, -0.25) is 10.1 Å². The van der Waals surface area contributed by atoms with Gasteiger partial charge in [-0.1, -0.05) is 23.7 Å². The van der Waals surface area contributed by atoms with Crippen molar-refractivity contribution in [3.05, 3.63) is 35.5 Å². The van der Waals surface area contributed by atoms with E-state index in [4.69, 9.17) is 16.3 Å². The molecule has 0 aliphatic carbocycles. The van der Waals surface area contributed by atoms with Crippen LogP contribution in [0.25, 0.3) is 0 Å². The van der Waals surface area contributed by atoms with Gasteiger partial charge in [-0.2, -0.15) is 9.90 Å². The number of hydrogen-bond acceptors (Lipinski definition) is 5. The molecule has 2 amide bonds. The van der Waals surface area contributed by atoms with Crippen LogP contribution in [0.1, 0.15) is 6.92 Å². The predicted molar refractivity (Wildman–Crippen MR) is 80.7 cm³/mol. The molecule has 22 heavy (non-hydrogen) atoms. The van der Waals surface area contributed by atoms with E-state index >= 15 is 0 Å². The van der Waals surface area contributed by atoms with Crippen LogP contribution in [0.5, 0.6) is 0 Å². The number of nitrogens with zero attached hydrogens (tertiary/aromatic N) is 3. The second kappa shape index (κ2) is 7.41. The van der Waals surface area contributed by atoms with E-state index in [0.29, 0.717) is 10.7 Å². The molecule has 2 aromatic rings. The molecule has 0 unspecified atom stereocenters. The van der Waals surface area contributed by atoms with E-state index in [1.54, 1.807) is 31.2 Å². The summed E-state index contributed by atoms with van der Waals surface area (Å²) in [5.74, 6) is -0.143. The van der Waals surface area contributed by atoms with Crippen LogP contribution in [0.2, 0.25) is 5.02 Å². The van der Waals surface area contributed by atoms with E-state index in [2.05, 4.69) is 20.8 Å². The molecule has 0 radical (unpaired) electrons. The quantitative estimate of drug-likeness (QED) is 0.878. The zero-order valence-corrected chi connectivity index (χ0v) is 12.5. The first kappa shape index (κ1) is 15.8. The van der Waals surface area contributed by atoms with Crippen molar-refractivity contribution < 1.29 is 14.3 Å². The molecule has 9 heteroatoms. The summed E-state index contributed by atoms with van der Waals surface area (Å²) in [7, 11) is 0. The standard InChI is InChI=1S/C13H14ClN5O3/c1-2-22-13(21)17-11-7-15-19(18-11)8-12(20)16-10-6-4-3-5-9(10)14/h3-7H,2,8H2,1H3,(H,16,20)(H,17,18,21). The summed E-state index contributed by atoms with van der Waals surface area (Å²) in [4.78, 5) is 24.3. The SMILES string of the molecule is CCOC(=O)Nc1cnn(CC(=O)Nc2ccccc2Cl)n1. The molecule has 0 spiro atoms. The lowest BCUT2D eigenvalue weighted by atomic mass is 10.3. The lowest BCUT2D eigenvalue weighted by Gasteiger charge is -2.06. The molecule has 2 N–H and O–H groups in total. The molecule has 2 rings (SSSR count). The minimum atomic E-state index is -0.630. The molecule has 1 heterocycles. The summed E-state index contributed by atoms with van der Waals surface area (Å²) in [6, 6.07) is 6.88. The zero-order valence-electron chi connectivity index (χ0n) is 11.7. The molecule has 0 bridgehead atoms. The number of carbonyl (C=O) groups excluding carboxylic acids is 2. The second-order valence-electron chi connectivity index (χ2n) is 4.13. The minimum Gasteiger partial charge on any atom is -0.450 e. The first-order chi connectivity index (χ1) is 10.6. The molecule has 1 aromatic carbocycles. The van der Waals surface area contributed by atoms with Crippen molar-refractivity contribution in [3.63, 3.8) is 0 Å². The van der Waals surface area contributed by atoms with Crippen molar-refractivity contribution in [2.45, 2.75) is 13.5 Å². The Hall–Kier alpha value is -2.61. The molecule has 0 saturated carbocycles. The number of amides is 2. The van der Waals surface area contributed by atoms with Crippen molar-refractivity contribution in [2.24, 2.45) is 0 Å². The van der Waals surface area contributed by atoms with Gasteiger partial charge < -0.3 is 10.1 Å². The van der Waals surface area contributed by atoms with Crippen LogP contribution in [0.3, 0.4) is 0 Å². The fourth-order valence-corrected chi connectivity index (χ4v) is 1.77. The highest BCUT2D eigenvalue weighted by atomic mass is 35.5. The van der Waals surface area contributed by atoms with Gasteiger partial charge in [0.2, 0.25) is 5.91 Å². The minimum absolute atomic E-state index is 0.115. The van der Waals surface area contributed by atoms with Gasteiger partial charge in [0.25, 0.3) is 0 Å². The Bertz CT molecular complexity index is 673. The molecule has 0 saturated heterocycles. The van der Waals surface area contributed by atoms with Gasteiger partial charge >= 0.3 is 6.09 Å². The Morgan fingerprint density at radius 2 is 2.09 bits per heavy atom. The van der Waals surface area contributed by atoms with Crippen molar-refractivity contribution in [3.8, 4) is 0 Å². The largest absolute Gasteiger partial charge is 0.450 e. The van der Waals surface area contributed by atoms with Crippen LogP contribution in [0, 0.1) is 0 Å². The Morgan fingerprint density at radius 3 is 2.82 bits per heavy atom. The molecule has 0 aliphatic heterocycles. The average Bonchev–Trinajstić information content (AvgIpc) is 2.88. The third-order valence-electron chi connectivity index (χ3n) is 2.48. The summed E-state index contributed by atoms with van der Waals surface area (Å²) in [6.07, 6.45) is 0.690. The molecule has 0 atom stereocenters. The molecular weight excluding hydrogens is 310 g/mol. The zero-order chi connectivity index (χ0) is 15.9. The van der Waals surface area contributed by atoms with Crippen molar-refractivity contribution in [2.75, 3.05) is 17.2 Å². The Morgan fingerprint density at radius 1 is 1.32 bits per heavy atom. The number of anilines is 2. The maximum Gasteiger partial charge on any atom is 0.412 e. The maximum atomic E-state index is 11.9. The van der Waals surface area contributed by atoms with E-state index < -0.39 is 6.09 Å². The summed E-state index contributed by atoms with van der Waals surface area (Å²) in [5.41, 5.74) is 0.506. The van der Waals surface area contributed by atoms with Crippen molar-refractivity contribution in [1.29, 1.82) is 0 Å². The third kappa shape index (κ3) is 4.45. The van der Waals surface area contributed by atoms with Crippen LogP contribution >= 0.6 is 11.6 Å². The van der Waals surface area contributed by atoms with E-state index in [1.807, 2.05) is 0 Å². The van der Waals surface area contributed by atoms with Gasteiger partial charge in [-0.15, -0.1) is 5.10 Å². The van der Waals surface area contributed by atoms with Gasteiger partial charge in [0, 0.05) is 0 Å². The number of ether oxygens (including phenoxy) is 1. The van der Waals surface area contributed by atoms with Gasteiger partial charge in [-0.05, 0) is 19.1 Å². The van der Waals surface area contributed by atoms with E-state index in [9.17, 15) is 9.59 Å². The number of halogens is 1. The first-order valence-electron chi connectivity index (χ1n) is 6.46. The number of carbonyl (C=O) groups is 2. The van der Waals surface area contributed by atoms with Gasteiger partial charge in [0.1, 0.15) is 6.54 Å². The van der Waals surface area contributed by atoms with Crippen LogP contribution in [-0.4, -0.2) is 33.6 Å². The normalized spacial score (nSPS) is 10.1. The van der Waals surface area contributed by atoms with Crippen molar-refractivity contribution >= 4 is 35.1 Å². The predicted octanol–water partition coefficient (Wildman–Crippen LogP) is 2.14. The molecule has 1 aromatic heterocycles. The topological polar surface area (TPSA) is 98.1 Å². The fourth-order valence-electron chi connectivity index (χ4n) is 1.58. The smallest absolute Gasteiger partial charge is 0.412 e. The lowest BCUT2D eigenvalue weighted by Crippen LogP contribution is -2.21. The van der Waals surface area contributed by atoms with E-state index in [-0.39, 0.29) is 24.9 Å². The fraction of sp³-hybridized carbons (Fsp3) is 0.231. The maximum absolute atomic E-state index is 11.9. The Kier molecular flexibility index (Phi) is 5.31. The number of rotatable bonds is 5. The number of para-hydroxylation sites is 1. The average molecular weight is 324 g/mol. The summed E-state index contributed by atoms with van der Waals surface area (Å²) >= 11 is 5.95. The molecule has 0 fully saturated rings. The molecule has 8 nitrogen and oxygen atoms in total. The van der Waals surface area contributed by atoms with Crippen LogP contribution in [-0.2, 0) is 16.1 Å².